The van der Waals surface area contributed by atoms with Gasteiger partial charge in [-0.15, -0.1) is 0 Å². The highest BCUT2D eigenvalue weighted by Crippen LogP contribution is 2.38. The highest BCUT2D eigenvalue weighted by molar-refractivity contribution is 9.10. The van der Waals surface area contributed by atoms with Gasteiger partial charge in [0.15, 0.2) is 0 Å². The Labute approximate surface area is 299 Å². The maximum atomic E-state index is 7.14. The van der Waals surface area contributed by atoms with Crippen LogP contribution >= 0.6 is 15.9 Å². The van der Waals surface area contributed by atoms with Gasteiger partial charge in [0.25, 0.3) is 0 Å². The van der Waals surface area contributed by atoms with Gasteiger partial charge in [-0.3, -0.25) is 0 Å². The molecule has 6 rings (SSSR count). The maximum absolute atomic E-state index is 7.14. The largest absolute Gasteiger partial charge is 0.374 e. The summed E-state index contributed by atoms with van der Waals surface area (Å²) in [6, 6.07) is 47.4. The fourth-order valence-electron chi connectivity index (χ4n) is 6.55. The maximum Gasteiger partial charge on any atom is 0.115 e. The highest BCUT2D eigenvalue weighted by atomic mass is 79.9. The monoisotopic (exact) mass is 720 g/mol. The molecule has 6 heteroatoms. The van der Waals surface area contributed by atoms with Gasteiger partial charge < -0.3 is 23.7 Å². The Morgan fingerprint density at radius 3 is 1.51 bits per heavy atom. The Morgan fingerprint density at radius 1 is 0.571 bits per heavy atom. The minimum Gasteiger partial charge on any atom is -0.374 e. The van der Waals surface area contributed by atoms with Crippen LogP contribution in [-0.4, -0.2) is 37.1 Å². The number of ether oxygens (including phenoxy) is 5. The Balaban J connectivity index is 1.36. The first kappa shape index (κ1) is 35.2. The molecule has 0 amide bonds. The summed E-state index contributed by atoms with van der Waals surface area (Å²) in [6.45, 7) is 6.43. The molecular weight excluding hydrogens is 676 g/mol. The number of hydrogen-bond acceptors (Lipinski definition) is 5. The topological polar surface area (TPSA) is 46.2 Å². The minimum absolute atomic E-state index is 0.0107. The summed E-state index contributed by atoms with van der Waals surface area (Å²) >= 11 is 3.65. The van der Waals surface area contributed by atoms with Crippen molar-refractivity contribution in [2.45, 2.75) is 76.7 Å². The molecule has 1 heterocycles. The van der Waals surface area contributed by atoms with Gasteiger partial charge in [-0.05, 0) is 52.4 Å². The summed E-state index contributed by atoms with van der Waals surface area (Å²) in [5.41, 5.74) is 6.75. The zero-order chi connectivity index (χ0) is 33.8. The van der Waals surface area contributed by atoms with E-state index < -0.39 is 24.4 Å². The van der Waals surface area contributed by atoms with Gasteiger partial charge in [-0.2, -0.15) is 0 Å². The fourth-order valence-corrected chi connectivity index (χ4v) is 7.03. The number of halogens is 1. The van der Waals surface area contributed by atoms with Crippen LogP contribution < -0.4 is 0 Å². The van der Waals surface area contributed by atoms with Crippen LogP contribution in [0.3, 0.4) is 0 Å². The lowest BCUT2D eigenvalue weighted by atomic mass is 9.83. The molecule has 0 saturated carbocycles. The van der Waals surface area contributed by atoms with E-state index in [0.29, 0.717) is 33.0 Å². The van der Waals surface area contributed by atoms with Gasteiger partial charge in [0.1, 0.15) is 24.4 Å². The molecular formula is C43H45BrO5. The van der Waals surface area contributed by atoms with Gasteiger partial charge >= 0.3 is 0 Å². The second kappa shape index (κ2) is 17.9. The predicted octanol–water partition coefficient (Wildman–Crippen LogP) is 9.60. The lowest BCUT2D eigenvalue weighted by Gasteiger charge is -2.48. The van der Waals surface area contributed by atoms with Crippen molar-refractivity contribution in [3.8, 4) is 0 Å². The van der Waals surface area contributed by atoms with Crippen LogP contribution in [0, 0.1) is 6.92 Å². The summed E-state index contributed by atoms with van der Waals surface area (Å²) in [5.74, 6) is -0.0107. The minimum atomic E-state index is -0.463. The van der Waals surface area contributed by atoms with Gasteiger partial charge in [0.2, 0.25) is 0 Å². The Kier molecular flexibility index (Phi) is 12.8. The molecule has 6 unspecified atom stereocenters. The Morgan fingerprint density at radius 2 is 1.02 bits per heavy atom. The SMILES string of the molecule is Cc1cc(Br)ccc1C(C)C1OC(COCc2ccccc2)C(OCc2ccccc2)C(OCc2ccccc2)C1OCc1ccccc1. The molecule has 0 radical (unpaired) electrons. The summed E-state index contributed by atoms with van der Waals surface area (Å²) in [5, 5.41) is 0. The van der Waals surface area contributed by atoms with Crippen LogP contribution in [0.4, 0.5) is 0 Å². The van der Waals surface area contributed by atoms with Crippen molar-refractivity contribution in [2.75, 3.05) is 6.61 Å². The van der Waals surface area contributed by atoms with E-state index in [9.17, 15) is 0 Å². The smallest absolute Gasteiger partial charge is 0.115 e. The first-order valence-corrected chi connectivity index (χ1v) is 17.8. The van der Waals surface area contributed by atoms with E-state index in [1.165, 1.54) is 11.1 Å². The van der Waals surface area contributed by atoms with Crippen molar-refractivity contribution < 1.29 is 23.7 Å². The molecule has 6 atom stereocenters. The van der Waals surface area contributed by atoms with Crippen LogP contribution in [0.15, 0.2) is 144 Å². The third-order valence-electron chi connectivity index (χ3n) is 9.13. The second-order valence-corrected chi connectivity index (χ2v) is 13.6. The second-order valence-electron chi connectivity index (χ2n) is 12.7. The average molecular weight is 722 g/mol. The van der Waals surface area contributed by atoms with E-state index in [1.54, 1.807) is 0 Å². The Hall–Kier alpha value is -3.62. The summed E-state index contributed by atoms with van der Waals surface area (Å²) in [6.07, 6.45) is -2.10. The molecule has 1 aliphatic rings. The molecule has 0 spiro atoms. The first-order valence-electron chi connectivity index (χ1n) is 17.0. The molecule has 254 valence electrons. The van der Waals surface area contributed by atoms with Crippen LogP contribution in [-0.2, 0) is 50.1 Å². The van der Waals surface area contributed by atoms with E-state index in [0.717, 1.165) is 26.7 Å². The van der Waals surface area contributed by atoms with E-state index in [1.807, 2.05) is 72.8 Å². The lowest BCUT2D eigenvalue weighted by molar-refractivity contribution is -0.275. The quantitative estimate of drug-likeness (QED) is 0.108. The highest BCUT2D eigenvalue weighted by Gasteiger charge is 2.50. The fraction of sp³-hybridized carbons (Fsp3) is 0.302. The Bertz CT molecular complexity index is 1690. The van der Waals surface area contributed by atoms with Crippen LogP contribution in [0.25, 0.3) is 0 Å². The molecule has 5 nitrogen and oxygen atoms in total. The van der Waals surface area contributed by atoms with Crippen molar-refractivity contribution in [3.05, 3.63) is 177 Å². The van der Waals surface area contributed by atoms with Crippen molar-refractivity contribution in [3.63, 3.8) is 0 Å². The third kappa shape index (κ3) is 9.76. The number of benzene rings is 5. The summed E-state index contributed by atoms with van der Waals surface area (Å²) < 4.78 is 35.3. The summed E-state index contributed by atoms with van der Waals surface area (Å²) in [7, 11) is 0. The van der Waals surface area contributed by atoms with Crippen LogP contribution in [0.2, 0.25) is 0 Å². The average Bonchev–Trinajstić information content (AvgIpc) is 3.14. The molecule has 0 N–H and O–H groups in total. The number of aryl methyl sites for hydroxylation is 1. The van der Waals surface area contributed by atoms with Crippen molar-refractivity contribution >= 4 is 15.9 Å². The van der Waals surface area contributed by atoms with Gasteiger partial charge in [-0.1, -0.05) is 150 Å². The summed E-state index contributed by atoms with van der Waals surface area (Å²) in [4.78, 5) is 0. The third-order valence-corrected chi connectivity index (χ3v) is 9.63. The number of hydrogen-bond donors (Lipinski definition) is 0. The molecule has 1 aliphatic heterocycles. The van der Waals surface area contributed by atoms with Crippen LogP contribution in [0.1, 0.15) is 46.2 Å². The molecule has 5 aromatic carbocycles. The van der Waals surface area contributed by atoms with Crippen molar-refractivity contribution in [1.82, 2.24) is 0 Å². The first-order chi connectivity index (χ1) is 24.0. The van der Waals surface area contributed by atoms with Gasteiger partial charge in [0.05, 0.1) is 39.1 Å². The zero-order valence-electron chi connectivity index (χ0n) is 28.2. The predicted molar refractivity (Wildman–Crippen MR) is 197 cm³/mol. The van der Waals surface area contributed by atoms with Gasteiger partial charge in [0, 0.05) is 10.4 Å². The molecule has 49 heavy (non-hydrogen) atoms. The van der Waals surface area contributed by atoms with Crippen LogP contribution in [0.5, 0.6) is 0 Å². The van der Waals surface area contributed by atoms with E-state index >= 15 is 0 Å². The van der Waals surface area contributed by atoms with E-state index in [-0.39, 0.29) is 12.0 Å². The molecule has 1 fully saturated rings. The normalized spacial score (nSPS) is 21.3. The molecule has 1 saturated heterocycles. The molecule has 0 aliphatic carbocycles. The molecule has 5 aromatic rings. The van der Waals surface area contributed by atoms with Crippen molar-refractivity contribution in [2.24, 2.45) is 0 Å². The van der Waals surface area contributed by atoms with Crippen molar-refractivity contribution in [1.29, 1.82) is 0 Å². The molecule has 0 aromatic heterocycles. The lowest BCUT2D eigenvalue weighted by Crippen LogP contribution is -2.62. The number of rotatable bonds is 15. The van der Waals surface area contributed by atoms with E-state index in [4.69, 9.17) is 23.7 Å². The molecule has 0 bridgehead atoms. The van der Waals surface area contributed by atoms with E-state index in [2.05, 4.69) is 96.5 Å². The van der Waals surface area contributed by atoms with Gasteiger partial charge in [-0.25, -0.2) is 0 Å². The standard InChI is InChI=1S/C43H45BrO5/c1-31-25-37(44)23-24-38(31)32(2)40-42(47-28-35-19-11-5-12-20-35)43(48-29-36-21-13-6-14-22-36)41(46-27-34-17-9-4-10-18-34)39(49-40)30-45-26-33-15-7-3-8-16-33/h3-25,32,39-43H,26-30H2,1-2H3. The zero-order valence-corrected chi connectivity index (χ0v) is 29.8.